The van der Waals surface area contributed by atoms with E-state index in [1.165, 1.54) is 6.07 Å². The minimum Gasteiger partial charge on any atom is -0.478 e. The molecule has 7 heteroatoms. The van der Waals surface area contributed by atoms with Gasteiger partial charge in [0.25, 0.3) is 11.6 Å². The first-order chi connectivity index (χ1) is 10.4. The number of carbonyl (C=O) groups is 2. The van der Waals surface area contributed by atoms with Gasteiger partial charge in [-0.1, -0.05) is 19.3 Å². The normalized spacial score (nSPS) is 15.3. The molecule has 1 aliphatic rings. The van der Waals surface area contributed by atoms with Crippen molar-refractivity contribution in [3.05, 3.63) is 39.4 Å². The summed E-state index contributed by atoms with van der Waals surface area (Å²) in [6, 6.07) is 3.42. The Morgan fingerprint density at radius 2 is 1.86 bits per heavy atom. The number of aromatic carboxylic acids is 1. The van der Waals surface area contributed by atoms with E-state index >= 15 is 0 Å². The number of hydrogen-bond donors (Lipinski definition) is 1. The molecule has 0 heterocycles. The number of amides is 1. The van der Waals surface area contributed by atoms with Gasteiger partial charge in [0.2, 0.25) is 0 Å². The summed E-state index contributed by atoms with van der Waals surface area (Å²) in [5, 5.41) is 20.0. The molecule has 1 aromatic rings. The van der Waals surface area contributed by atoms with Gasteiger partial charge in [-0.2, -0.15) is 0 Å². The molecule has 0 bridgehead atoms. The highest BCUT2D eigenvalue weighted by atomic mass is 16.6. The zero-order valence-electron chi connectivity index (χ0n) is 12.3. The predicted octanol–water partition coefficient (Wildman–Crippen LogP) is 2.70. The van der Waals surface area contributed by atoms with Crippen molar-refractivity contribution in [2.24, 2.45) is 0 Å². The van der Waals surface area contributed by atoms with Gasteiger partial charge in [0.1, 0.15) is 0 Å². The number of carboxylic acids is 1. The van der Waals surface area contributed by atoms with Gasteiger partial charge in [-0.05, 0) is 18.9 Å². The molecular weight excluding hydrogens is 288 g/mol. The average molecular weight is 306 g/mol. The van der Waals surface area contributed by atoms with Crippen LogP contribution in [0.25, 0.3) is 0 Å². The molecule has 1 aromatic carbocycles. The van der Waals surface area contributed by atoms with Gasteiger partial charge in [-0.15, -0.1) is 0 Å². The van der Waals surface area contributed by atoms with Crippen LogP contribution in [-0.2, 0) is 0 Å². The molecule has 0 spiro atoms. The Bertz CT molecular complexity index is 608. The van der Waals surface area contributed by atoms with E-state index < -0.39 is 16.8 Å². The predicted molar refractivity (Wildman–Crippen MR) is 79.0 cm³/mol. The van der Waals surface area contributed by atoms with E-state index in [4.69, 9.17) is 0 Å². The van der Waals surface area contributed by atoms with E-state index in [9.17, 15) is 24.8 Å². The molecular formula is C15H18N2O5. The molecule has 1 saturated carbocycles. The number of carboxylic acid groups (broad SMARTS) is 1. The van der Waals surface area contributed by atoms with Crippen molar-refractivity contribution in [3.8, 4) is 0 Å². The number of non-ortho nitro benzene ring substituents is 1. The van der Waals surface area contributed by atoms with Crippen LogP contribution >= 0.6 is 0 Å². The van der Waals surface area contributed by atoms with Crippen molar-refractivity contribution in [2.75, 3.05) is 7.05 Å². The number of nitro groups is 1. The number of carbonyl (C=O) groups excluding carboxylic acids is 1. The van der Waals surface area contributed by atoms with Crippen LogP contribution in [0.3, 0.4) is 0 Å². The molecule has 1 aliphatic carbocycles. The molecule has 0 unspecified atom stereocenters. The van der Waals surface area contributed by atoms with Crippen LogP contribution in [0, 0.1) is 10.1 Å². The van der Waals surface area contributed by atoms with E-state index in [-0.39, 0.29) is 22.9 Å². The van der Waals surface area contributed by atoms with Crippen LogP contribution in [0.5, 0.6) is 0 Å². The van der Waals surface area contributed by atoms with Crippen LogP contribution in [-0.4, -0.2) is 39.9 Å². The topological polar surface area (TPSA) is 101 Å². The van der Waals surface area contributed by atoms with Crippen molar-refractivity contribution in [2.45, 2.75) is 38.1 Å². The lowest BCUT2D eigenvalue weighted by molar-refractivity contribution is -0.384. The zero-order chi connectivity index (χ0) is 16.3. The van der Waals surface area contributed by atoms with E-state index in [1.54, 1.807) is 11.9 Å². The van der Waals surface area contributed by atoms with E-state index in [0.717, 1.165) is 44.2 Å². The van der Waals surface area contributed by atoms with E-state index in [0.29, 0.717) is 0 Å². The molecule has 1 N–H and O–H groups in total. The van der Waals surface area contributed by atoms with Crippen LogP contribution in [0.15, 0.2) is 18.2 Å². The first kappa shape index (κ1) is 15.9. The largest absolute Gasteiger partial charge is 0.478 e. The van der Waals surface area contributed by atoms with Crippen molar-refractivity contribution in [3.63, 3.8) is 0 Å². The first-order valence-electron chi connectivity index (χ1n) is 7.20. The third-order valence-corrected chi connectivity index (χ3v) is 4.12. The summed E-state index contributed by atoms with van der Waals surface area (Å²) in [4.78, 5) is 35.5. The lowest BCUT2D eigenvalue weighted by atomic mass is 9.93. The minimum atomic E-state index is -1.34. The molecule has 2 rings (SSSR count). The second-order valence-electron chi connectivity index (χ2n) is 5.50. The number of rotatable bonds is 4. The van der Waals surface area contributed by atoms with Gasteiger partial charge in [0, 0.05) is 25.2 Å². The lowest BCUT2D eigenvalue weighted by Crippen LogP contribution is -2.38. The van der Waals surface area contributed by atoms with Crippen molar-refractivity contribution >= 4 is 17.6 Å². The zero-order valence-corrected chi connectivity index (χ0v) is 12.3. The maximum atomic E-state index is 12.5. The molecule has 7 nitrogen and oxygen atoms in total. The lowest BCUT2D eigenvalue weighted by Gasteiger charge is -2.31. The monoisotopic (exact) mass is 306 g/mol. The second-order valence-corrected chi connectivity index (χ2v) is 5.50. The molecule has 1 amide bonds. The SMILES string of the molecule is CN(C(=O)c1ccc([N+](=O)[O-])cc1C(=O)O)C1CCCCC1. The first-order valence-corrected chi connectivity index (χ1v) is 7.20. The molecule has 118 valence electrons. The van der Waals surface area contributed by atoms with Crippen LogP contribution < -0.4 is 0 Å². The summed E-state index contributed by atoms with van der Waals surface area (Å²) in [7, 11) is 1.66. The van der Waals surface area contributed by atoms with Gasteiger partial charge >= 0.3 is 5.97 Å². The number of hydrogen-bond acceptors (Lipinski definition) is 4. The quantitative estimate of drug-likeness (QED) is 0.680. The Morgan fingerprint density at radius 3 is 2.41 bits per heavy atom. The van der Waals surface area contributed by atoms with Gasteiger partial charge in [0.05, 0.1) is 16.1 Å². The Balaban J connectivity index is 2.31. The van der Waals surface area contributed by atoms with Crippen molar-refractivity contribution in [1.82, 2.24) is 4.90 Å². The Hall–Kier alpha value is -2.44. The smallest absolute Gasteiger partial charge is 0.336 e. The highest BCUT2D eigenvalue weighted by Gasteiger charge is 2.27. The van der Waals surface area contributed by atoms with E-state index in [2.05, 4.69) is 0 Å². The highest BCUT2D eigenvalue weighted by molar-refractivity contribution is 6.05. The number of nitrogens with zero attached hydrogens (tertiary/aromatic N) is 2. The summed E-state index contributed by atoms with van der Waals surface area (Å²) in [5.41, 5.74) is -0.678. The fraction of sp³-hybridized carbons (Fsp3) is 0.467. The summed E-state index contributed by atoms with van der Waals surface area (Å²) in [5.74, 6) is -1.75. The Morgan fingerprint density at radius 1 is 1.23 bits per heavy atom. The van der Waals surface area contributed by atoms with Gasteiger partial charge in [-0.25, -0.2) is 4.79 Å². The third kappa shape index (κ3) is 3.24. The van der Waals surface area contributed by atoms with Crippen molar-refractivity contribution < 1.29 is 19.6 Å². The number of benzene rings is 1. The third-order valence-electron chi connectivity index (χ3n) is 4.12. The summed E-state index contributed by atoms with van der Waals surface area (Å²) < 4.78 is 0. The van der Waals surface area contributed by atoms with Crippen LogP contribution in [0.4, 0.5) is 5.69 Å². The maximum Gasteiger partial charge on any atom is 0.336 e. The van der Waals surface area contributed by atoms with Gasteiger partial charge in [-0.3, -0.25) is 14.9 Å². The fourth-order valence-corrected chi connectivity index (χ4v) is 2.83. The molecule has 1 fully saturated rings. The van der Waals surface area contributed by atoms with Crippen LogP contribution in [0.1, 0.15) is 52.8 Å². The highest BCUT2D eigenvalue weighted by Crippen LogP contribution is 2.25. The van der Waals surface area contributed by atoms with Gasteiger partial charge < -0.3 is 10.0 Å². The summed E-state index contributed by atoms with van der Waals surface area (Å²) >= 11 is 0. The summed E-state index contributed by atoms with van der Waals surface area (Å²) in [6.07, 6.45) is 5.05. The Kier molecular flexibility index (Phi) is 4.75. The fourth-order valence-electron chi connectivity index (χ4n) is 2.83. The molecule has 0 atom stereocenters. The Labute approximate surface area is 127 Å². The molecule has 0 radical (unpaired) electrons. The van der Waals surface area contributed by atoms with Crippen LogP contribution in [0.2, 0.25) is 0 Å². The number of nitro benzene ring substituents is 1. The maximum absolute atomic E-state index is 12.5. The second kappa shape index (κ2) is 6.55. The molecule has 22 heavy (non-hydrogen) atoms. The van der Waals surface area contributed by atoms with E-state index in [1.807, 2.05) is 0 Å². The average Bonchev–Trinajstić information content (AvgIpc) is 2.53. The standard InChI is InChI=1S/C15H18N2O5/c1-16(10-5-3-2-4-6-10)14(18)12-8-7-11(17(21)22)9-13(12)15(19)20/h7-10H,2-6H2,1H3,(H,19,20). The van der Waals surface area contributed by atoms with Crippen molar-refractivity contribution in [1.29, 1.82) is 0 Å². The van der Waals surface area contributed by atoms with Gasteiger partial charge in [0.15, 0.2) is 0 Å². The minimum absolute atomic E-state index is 0.00817. The molecule has 0 saturated heterocycles. The summed E-state index contributed by atoms with van der Waals surface area (Å²) in [6.45, 7) is 0. The molecule has 0 aliphatic heterocycles. The molecule has 0 aromatic heterocycles.